The Labute approximate surface area is 78.5 Å². The topological polar surface area (TPSA) is 9.23 Å². The minimum absolute atomic E-state index is 0.268. The molecule has 0 amide bonds. The molecule has 0 aliphatic rings. The maximum Gasteiger partial charge on any atom is 0.333 e. The van der Waals surface area contributed by atoms with Crippen LogP contribution in [0.15, 0.2) is 0 Å². The lowest BCUT2D eigenvalue weighted by Crippen LogP contribution is -2.33. The van der Waals surface area contributed by atoms with Crippen LogP contribution in [-0.4, -0.2) is 19.1 Å². The van der Waals surface area contributed by atoms with E-state index in [1.165, 1.54) is 7.11 Å². The zero-order chi connectivity index (χ0) is 10.3. The molecule has 0 fully saturated rings. The average molecular weight is 190 g/mol. The average Bonchev–Trinajstić information content (AvgIpc) is 2.06. The molecule has 0 aromatic carbocycles. The second kappa shape index (κ2) is 5.93. The minimum Gasteiger partial charge on any atom is -0.374 e. The van der Waals surface area contributed by atoms with Crippen LogP contribution in [-0.2, 0) is 4.74 Å². The summed E-state index contributed by atoms with van der Waals surface area (Å²) < 4.78 is 30.9. The van der Waals surface area contributed by atoms with Crippen molar-refractivity contribution in [2.45, 2.75) is 45.1 Å². The molecule has 0 bridgehead atoms. The number of halogens is 2. The molecule has 1 atom stereocenters. The molecule has 0 aromatic heterocycles. The van der Waals surface area contributed by atoms with E-state index in [1.807, 2.05) is 12.8 Å². The normalized spacial score (nSPS) is 13.3. The summed E-state index contributed by atoms with van der Waals surface area (Å²) in [7, 11) is 1.28. The summed E-state index contributed by atoms with van der Waals surface area (Å²) in [6, 6.07) is 0. The van der Waals surface area contributed by atoms with Gasteiger partial charge in [-0.15, -0.1) is 0 Å². The predicted molar refractivity (Wildman–Crippen MR) is 48.7 cm³/mol. The third kappa shape index (κ3) is 4.23. The maximum absolute atomic E-state index is 13.1. The van der Waals surface area contributed by atoms with Gasteiger partial charge in [-0.3, -0.25) is 0 Å². The Morgan fingerprint density at radius 3 is 2.38 bits per heavy atom. The number of hydrogen-bond acceptors (Lipinski definition) is 1. The molecular weight excluding hydrogens is 174 g/mol. The zero-order valence-corrected chi connectivity index (χ0v) is 8.36. The Morgan fingerprint density at radius 2 is 2.00 bits per heavy atom. The van der Waals surface area contributed by atoms with Gasteiger partial charge in [-0.2, -0.15) is 8.78 Å². The first-order chi connectivity index (χ1) is 6.08. The molecule has 1 nitrogen and oxygen atoms in total. The van der Waals surface area contributed by atoms with Crippen molar-refractivity contribution in [1.82, 2.24) is 0 Å². The van der Waals surface area contributed by atoms with Crippen LogP contribution in [0.25, 0.3) is 0 Å². The second-order valence-electron chi connectivity index (χ2n) is 2.81. The highest BCUT2D eigenvalue weighted by Gasteiger charge is 2.36. The Balaban J connectivity index is 4.29. The van der Waals surface area contributed by atoms with E-state index in [1.54, 1.807) is 6.92 Å². The van der Waals surface area contributed by atoms with E-state index in [2.05, 4.69) is 10.7 Å². The van der Waals surface area contributed by atoms with Gasteiger partial charge in [-0.05, 0) is 18.8 Å². The van der Waals surface area contributed by atoms with Gasteiger partial charge in [0.1, 0.15) is 6.10 Å². The van der Waals surface area contributed by atoms with Crippen molar-refractivity contribution in [3.8, 4) is 11.8 Å². The molecule has 0 aliphatic heterocycles. The molecule has 0 radical (unpaired) electrons. The fourth-order valence-corrected chi connectivity index (χ4v) is 0.957. The molecule has 0 spiro atoms. The van der Waals surface area contributed by atoms with Crippen LogP contribution in [0.3, 0.4) is 0 Å². The van der Waals surface area contributed by atoms with Crippen LogP contribution >= 0.6 is 0 Å². The van der Waals surface area contributed by atoms with Gasteiger partial charge in [-0.25, -0.2) is 0 Å². The van der Waals surface area contributed by atoms with Crippen molar-refractivity contribution in [3.05, 3.63) is 0 Å². The number of hydrogen-bond donors (Lipinski definition) is 0. The summed E-state index contributed by atoms with van der Waals surface area (Å²) in [4.78, 5) is 0. The van der Waals surface area contributed by atoms with Gasteiger partial charge < -0.3 is 4.74 Å². The first-order valence-corrected chi connectivity index (χ1v) is 4.49. The predicted octanol–water partition coefficient (Wildman–Crippen LogP) is 2.85. The van der Waals surface area contributed by atoms with E-state index in [0.717, 1.165) is 6.42 Å². The van der Waals surface area contributed by atoms with Gasteiger partial charge in [0.05, 0.1) is 0 Å². The first-order valence-electron chi connectivity index (χ1n) is 4.49. The van der Waals surface area contributed by atoms with E-state index in [-0.39, 0.29) is 6.42 Å². The Bertz CT molecular complexity index is 187. The van der Waals surface area contributed by atoms with Gasteiger partial charge >= 0.3 is 5.92 Å². The molecule has 0 saturated heterocycles. The van der Waals surface area contributed by atoms with Gasteiger partial charge in [0.25, 0.3) is 0 Å². The zero-order valence-electron chi connectivity index (χ0n) is 8.36. The molecule has 0 saturated carbocycles. The number of methoxy groups -OCH3 is 1. The standard InChI is InChI=1S/C10H16F2O/c1-4-6-7-8-10(11,12)9(5-2)13-3/h9H,4-6H2,1-3H3. The van der Waals surface area contributed by atoms with Crippen LogP contribution < -0.4 is 0 Å². The van der Waals surface area contributed by atoms with E-state index in [9.17, 15) is 8.78 Å². The highest BCUT2D eigenvalue weighted by Crippen LogP contribution is 2.22. The maximum atomic E-state index is 13.1. The van der Waals surface area contributed by atoms with E-state index >= 15 is 0 Å². The second-order valence-corrected chi connectivity index (χ2v) is 2.81. The van der Waals surface area contributed by atoms with Crippen molar-refractivity contribution in [2.24, 2.45) is 0 Å². The number of alkyl halides is 2. The highest BCUT2D eigenvalue weighted by molar-refractivity contribution is 5.12. The molecule has 0 aromatic rings. The van der Waals surface area contributed by atoms with Gasteiger partial charge in [-0.1, -0.05) is 19.8 Å². The van der Waals surface area contributed by atoms with Crippen LogP contribution in [0.1, 0.15) is 33.1 Å². The van der Waals surface area contributed by atoms with Gasteiger partial charge in [0, 0.05) is 13.5 Å². The SMILES string of the molecule is CCCC#CC(F)(F)C(CC)OC. The lowest BCUT2D eigenvalue weighted by Gasteiger charge is -2.19. The van der Waals surface area contributed by atoms with Crippen molar-refractivity contribution in [3.63, 3.8) is 0 Å². The van der Waals surface area contributed by atoms with Crippen LogP contribution in [0, 0.1) is 11.8 Å². The first kappa shape index (κ1) is 12.4. The van der Waals surface area contributed by atoms with Crippen molar-refractivity contribution in [2.75, 3.05) is 7.11 Å². The van der Waals surface area contributed by atoms with Crippen LogP contribution in [0.5, 0.6) is 0 Å². The summed E-state index contributed by atoms with van der Waals surface area (Å²) >= 11 is 0. The number of rotatable bonds is 4. The molecule has 1 unspecified atom stereocenters. The molecule has 0 aliphatic carbocycles. The quantitative estimate of drug-likeness (QED) is 0.619. The molecule has 76 valence electrons. The number of unbranched alkanes of at least 4 members (excludes halogenated alkanes) is 1. The van der Waals surface area contributed by atoms with Crippen molar-refractivity contribution in [1.29, 1.82) is 0 Å². The summed E-state index contributed by atoms with van der Waals surface area (Å²) in [5, 5.41) is 0. The summed E-state index contributed by atoms with van der Waals surface area (Å²) in [6.07, 6.45) is 0.490. The van der Waals surface area contributed by atoms with Gasteiger partial charge in [0.2, 0.25) is 0 Å². The number of ether oxygens (including phenoxy) is 1. The third-order valence-electron chi connectivity index (χ3n) is 1.69. The minimum atomic E-state index is -3.02. The molecule has 3 heteroatoms. The van der Waals surface area contributed by atoms with Crippen LogP contribution in [0.2, 0.25) is 0 Å². The molecule has 0 heterocycles. The fraction of sp³-hybridized carbons (Fsp3) is 0.800. The summed E-state index contributed by atoms with van der Waals surface area (Å²) in [6.45, 7) is 3.56. The molecule has 0 N–H and O–H groups in total. The Kier molecular flexibility index (Phi) is 5.65. The largest absolute Gasteiger partial charge is 0.374 e. The highest BCUT2D eigenvalue weighted by atomic mass is 19.3. The fourth-order valence-electron chi connectivity index (χ4n) is 0.957. The molecular formula is C10H16F2O. The van der Waals surface area contributed by atoms with E-state index in [4.69, 9.17) is 0 Å². The molecule has 13 heavy (non-hydrogen) atoms. The Morgan fingerprint density at radius 1 is 1.38 bits per heavy atom. The van der Waals surface area contributed by atoms with Crippen LogP contribution in [0.4, 0.5) is 8.78 Å². The molecule has 0 rings (SSSR count). The summed E-state index contributed by atoms with van der Waals surface area (Å²) in [5.41, 5.74) is 0. The van der Waals surface area contributed by atoms with Crippen molar-refractivity contribution < 1.29 is 13.5 Å². The van der Waals surface area contributed by atoms with E-state index in [0.29, 0.717) is 6.42 Å². The van der Waals surface area contributed by atoms with Gasteiger partial charge in [0.15, 0.2) is 0 Å². The smallest absolute Gasteiger partial charge is 0.333 e. The third-order valence-corrected chi connectivity index (χ3v) is 1.69. The summed E-state index contributed by atoms with van der Waals surface area (Å²) in [5.74, 6) is 1.38. The van der Waals surface area contributed by atoms with Crippen molar-refractivity contribution >= 4 is 0 Å². The van der Waals surface area contributed by atoms with E-state index < -0.39 is 12.0 Å². The lowest BCUT2D eigenvalue weighted by atomic mass is 10.1. The lowest BCUT2D eigenvalue weighted by molar-refractivity contribution is -0.0832. The monoisotopic (exact) mass is 190 g/mol. The Hall–Kier alpha value is -0.620.